The van der Waals surface area contributed by atoms with Crippen molar-refractivity contribution in [1.29, 1.82) is 0 Å². The van der Waals surface area contributed by atoms with E-state index in [2.05, 4.69) is 10.4 Å². The molecule has 0 unspecified atom stereocenters. The molecule has 2 heterocycles. The monoisotopic (exact) mass is 379 g/mol. The van der Waals surface area contributed by atoms with Crippen molar-refractivity contribution in [2.24, 2.45) is 0 Å². The summed E-state index contributed by atoms with van der Waals surface area (Å²) in [7, 11) is 0. The molecule has 4 rings (SSSR count). The molecule has 144 valence electrons. The van der Waals surface area contributed by atoms with Gasteiger partial charge in [-0.1, -0.05) is 43.2 Å². The summed E-state index contributed by atoms with van der Waals surface area (Å²) in [5.41, 5.74) is 2.27. The van der Waals surface area contributed by atoms with Gasteiger partial charge in [0.25, 0.3) is 5.91 Å². The maximum Gasteiger partial charge on any atom is 0.371 e. The number of hydrogen-bond acceptors (Lipinski definition) is 4. The molecule has 7 heteroatoms. The maximum absolute atomic E-state index is 12.9. The molecular weight excluding hydrogens is 358 g/mol. The van der Waals surface area contributed by atoms with Crippen LogP contribution in [0.5, 0.6) is 0 Å². The highest BCUT2D eigenvalue weighted by molar-refractivity contribution is 5.99. The second-order valence-electron chi connectivity index (χ2n) is 6.91. The minimum atomic E-state index is -1.14. The van der Waals surface area contributed by atoms with Gasteiger partial charge in [0.15, 0.2) is 0 Å². The Bertz CT molecular complexity index is 984. The number of nitrogens with one attached hydrogen (secondary N) is 1. The number of aromatic nitrogens is 2. The molecule has 3 aromatic rings. The van der Waals surface area contributed by atoms with Crippen LogP contribution in [0.2, 0.25) is 0 Å². The van der Waals surface area contributed by atoms with Crippen LogP contribution in [-0.2, 0) is 6.54 Å². The number of carbonyl (C=O) groups excluding carboxylic acids is 1. The Morgan fingerprint density at radius 3 is 2.57 bits per heavy atom. The highest BCUT2D eigenvalue weighted by Gasteiger charge is 2.25. The molecule has 28 heavy (non-hydrogen) atoms. The van der Waals surface area contributed by atoms with Crippen molar-refractivity contribution in [2.75, 3.05) is 0 Å². The number of carbonyl (C=O) groups is 2. The van der Waals surface area contributed by atoms with Crippen LogP contribution < -0.4 is 5.32 Å². The lowest BCUT2D eigenvalue weighted by molar-refractivity contribution is 0.0660. The lowest BCUT2D eigenvalue weighted by Gasteiger charge is -2.15. The summed E-state index contributed by atoms with van der Waals surface area (Å²) < 4.78 is 7.18. The second-order valence-corrected chi connectivity index (χ2v) is 6.91. The third-order valence-corrected chi connectivity index (χ3v) is 5.05. The fourth-order valence-electron chi connectivity index (χ4n) is 3.69. The first-order chi connectivity index (χ1) is 13.6. The summed E-state index contributed by atoms with van der Waals surface area (Å²) in [5, 5.41) is 16.3. The lowest BCUT2D eigenvalue weighted by Crippen LogP contribution is -2.23. The van der Waals surface area contributed by atoms with Crippen molar-refractivity contribution in [2.45, 2.75) is 38.3 Å². The fourth-order valence-corrected chi connectivity index (χ4v) is 3.69. The molecule has 7 nitrogen and oxygen atoms in total. The van der Waals surface area contributed by atoms with Gasteiger partial charge >= 0.3 is 5.97 Å². The minimum Gasteiger partial charge on any atom is -0.475 e. The number of nitrogens with zero attached hydrogens (tertiary/aromatic N) is 2. The average Bonchev–Trinajstić information content (AvgIpc) is 3.46. The first-order valence-electron chi connectivity index (χ1n) is 9.36. The van der Waals surface area contributed by atoms with Gasteiger partial charge in [0, 0.05) is 5.56 Å². The number of furan rings is 1. The summed E-state index contributed by atoms with van der Waals surface area (Å²) >= 11 is 0. The van der Waals surface area contributed by atoms with E-state index in [0.717, 1.165) is 24.1 Å². The van der Waals surface area contributed by atoms with E-state index in [1.165, 1.54) is 18.9 Å². The molecule has 1 amide bonds. The number of hydrogen-bond donors (Lipinski definition) is 2. The first kappa shape index (κ1) is 18.0. The van der Waals surface area contributed by atoms with Gasteiger partial charge in [0.05, 0.1) is 30.0 Å². The van der Waals surface area contributed by atoms with Gasteiger partial charge in [0.2, 0.25) is 5.76 Å². The van der Waals surface area contributed by atoms with Gasteiger partial charge < -0.3 is 14.8 Å². The molecule has 0 bridgehead atoms. The molecule has 0 radical (unpaired) electrons. The second kappa shape index (κ2) is 7.72. The van der Waals surface area contributed by atoms with Crippen LogP contribution in [0.4, 0.5) is 0 Å². The number of aromatic carboxylic acids is 1. The number of amides is 1. The molecule has 1 aromatic carbocycles. The smallest absolute Gasteiger partial charge is 0.371 e. The molecule has 0 saturated heterocycles. The van der Waals surface area contributed by atoms with E-state index in [-0.39, 0.29) is 18.2 Å². The van der Waals surface area contributed by atoms with Gasteiger partial charge in [-0.15, -0.1) is 0 Å². The quantitative estimate of drug-likeness (QED) is 0.677. The molecule has 2 aromatic heterocycles. The average molecular weight is 379 g/mol. The molecule has 1 aliphatic rings. The molecule has 1 saturated carbocycles. The van der Waals surface area contributed by atoms with Crippen LogP contribution in [0, 0.1) is 0 Å². The number of carboxylic acid groups (broad SMARTS) is 1. The van der Waals surface area contributed by atoms with Crippen LogP contribution in [0.3, 0.4) is 0 Å². The number of carboxylic acids is 1. The summed E-state index contributed by atoms with van der Waals surface area (Å²) in [5.74, 6) is -1.17. The van der Waals surface area contributed by atoms with Crippen molar-refractivity contribution in [3.05, 3.63) is 65.7 Å². The molecule has 2 N–H and O–H groups in total. The summed E-state index contributed by atoms with van der Waals surface area (Å²) in [6.07, 6.45) is 6.08. The number of rotatable bonds is 6. The van der Waals surface area contributed by atoms with Crippen LogP contribution in [0.1, 0.15) is 58.4 Å². The third-order valence-electron chi connectivity index (χ3n) is 5.05. The van der Waals surface area contributed by atoms with Gasteiger partial charge in [-0.25, -0.2) is 4.79 Å². The molecule has 0 spiro atoms. The van der Waals surface area contributed by atoms with Gasteiger partial charge in [0.1, 0.15) is 5.76 Å². The fraction of sp³-hybridized carbons (Fsp3) is 0.286. The largest absolute Gasteiger partial charge is 0.475 e. The number of benzene rings is 1. The van der Waals surface area contributed by atoms with E-state index < -0.39 is 5.97 Å². The zero-order chi connectivity index (χ0) is 19.5. The highest BCUT2D eigenvalue weighted by Crippen LogP contribution is 2.34. The van der Waals surface area contributed by atoms with Crippen molar-refractivity contribution >= 4 is 11.9 Å². The summed E-state index contributed by atoms with van der Waals surface area (Å²) in [6.45, 7) is 0.106. The Hall–Kier alpha value is -3.35. The van der Waals surface area contributed by atoms with E-state index in [0.29, 0.717) is 17.4 Å². The van der Waals surface area contributed by atoms with E-state index >= 15 is 0 Å². The van der Waals surface area contributed by atoms with Gasteiger partial charge in [-0.05, 0) is 25.0 Å². The van der Waals surface area contributed by atoms with Crippen LogP contribution in [0.15, 0.2) is 53.1 Å². The molecular formula is C21H21N3O4. The van der Waals surface area contributed by atoms with Crippen molar-refractivity contribution in [3.63, 3.8) is 0 Å². The zero-order valence-corrected chi connectivity index (χ0v) is 15.3. The van der Waals surface area contributed by atoms with E-state index in [4.69, 9.17) is 9.52 Å². The third kappa shape index (κ3) is 3.55. The Balaban J connectivity index is 1.59. The van der Waals surface area contributed by atoms with Crippen molar-refractivity contribution in [3.8, 4) is 11.3 Å². The van der Waals surface area contributed by atoms with E-state index in [1.807, 2.05) is 35.0 Å². The van der Waals surface area contributed by atoms with E-state index in [1.54, 1.807) is 12.3 Å². The topological polar surface area (TPSA) is 97.4 Å². The Kier molecular flexibility index (Phi) is 4.97. The summed E-state index contributed by atoms with van der Waals surface area (Å²) in [4.78, 5) is 23.8. The predicted octanol–water partition coefficient (Wildman–Crippen LogP) is 3.89. The normalized spacial score (nSPS) is 14.3. The van der Waals surface area contributed by atoms with Gasteiger partial charge in [-0.3, -0.25) is 9.48 Å². The van der Waals surface area contributed by atoms with Crippen LogP contribution in [0.25, 0.3) is 11.3 Å². The Labute approximate surface area is 162 Å². The van der Waals surface area contributed by atoms with E-state index in [9.17, 15) is 9.59 Å². The molecule has 1 fully saturated rings. The Morgan fingerprint density at radius 1 is 1.14 bits per heavy atom. The SMILES string of the molecule is O=C(O)c1ccc(CNC(=O)c2cnn(C3CCCC3)c2-c2ccccc2)o1. The minimum absolute atomic E-state index is 0.106. The lowest BCUT2D eigenvalue weighted by atomic mass is 10.1. The first-order valence-corrected chi connectivity index (χ1v) is 9.36. The van der Waals surface area contributed by atoms with Crippen molar-refractivity contribution in [1.82, 2.24) is 15.1 Å². The Morgan fingerprint density at radius 2 is 1.89 bits per heavy atom. The van der Waals surface area contributed by atoms with Crippen LogP contribution >= 0.6 is 0 Å². The standard InChI is InChI=1S/C21H21N3O4/c25-20(22-12-16-10-11-18(28-16)21(26)27)17-13-23-24(15-8-4-5-9-15)19(17)14-6-2-1-3-7-14/h1-3,6-7,10-11,13,15H,4-5,8-9,12H2,(H,22,25)(H,26,27). The zero-order valence-electron chi connectivity index (χ0n) is 15.3. The maximum atomic E-state index is 12.9. The van der Waals surface area contributed by atoms with Crippen LogP contribution in [-0.4, -0.2) is 26.8 Å². The molecule has 0 aliphatic heterocycles. The molecule has 0 atom stereocenters. The van der Waals surface area contributed by atoms with Gasteiger partial charge in [-0.2, -0.15) is 5.10 Å². The van der Waals surface area contributed by atoms with Crippen molar-refractivity contribution < 1.29 is 19.1 Å². The predicted molar refractivity (Wildman–Crippen MR) is 102 cm³/mol. The highest BCUT2D eigenvalue weighted by atomic mass is 16.4. The summed E-state index contributed by atoms with van der Waals surface area (Å²) in [6, 6.07) is 13.0. The molecule has 1 aliphatic carbocycles.